The Bertz CT molecular complexity index is 675. The lowest BCUT2D eigenvalue weighted by Crippen LogP contribution is -2.47. The van der Waals surface area contributed by atoms with E-state index in [2.05, 4.69) is 5.32 Å². The maximum absolute atomic E-state index is 12.9. The second kappa shape index (κ2) is 6.51. The molecule has 24 heavy (non-hydrogen) atoms. The van der Waals surface area contributed by atoms with Crippen LogP contribution in [0.25, 0.3) is 0 Å². The van der Waals surface area contributed by atoms with Gasteiger partial charge in [0.25, 0.3) is 5.91 Å². The highest BCUT2D eigenvalue weighted by Crippen LogP contribution is 2.40. The fourth-order valence-corrected chi connectivity index (χ4v) is 3.02. The van der Waals surface area contributed by atoms with Crippen LogP contribution in [0.1, 0.15) is 31.7 Å². The van der Waals surface area contributed by atoms with Gasteiger partial charge in [-0.15, -0.1) is 0 Å². The molecular weight excluding hydrogens is 312 g/mol. The molecule has 2 aliphatic heterocycles. The quantitative estimate of drug-likeness (QED) is 0.502. The Balaban J connectivity index is 1.79. The van der Waals surface area contributed by atoms with E-state index < -0.39 is 23.4 Å². The smallest absolute Gasteiger partial charge is 0.326 e. The number of hydrogen-bond donors (Lipinski definition) is 1. The average Bonchev–Trinajstić information content (AvgIpc) is 2.81. The monoisotopic (exact) mass is 332 g/mol. The molecule has 0 unspecified atom stereocenters. The zero-order chi connectivity index (χ0) is 17.2. The van der Waals surface area contributed by atoms with Crippen LogP contribution in [0.5, 0.6) is 5.75 Å². The summed E-state index contributed by atoms with van der Waals surface area (Å²) in [6.07, 6.45) is 1.98. The van der Waals surface area contributed by atoms with E-state index in [1.165, 1.54) is 0 Å². The lowest BCUT2D eigenvalue weighted by atomic mass is 9.84. The van der Waals surface area contributed by atoms with Gasteiger partial charge in [0, 0.05) is 12.0 Å². The fraction of sp³-hybridized carbons (Fsp3) is 0.471. The van der Waals surface area contributed by atoms with Gasteiger partial charge in [0.2, 0.25) is 0 Å². The lowest BCUT2D eigenvalue weighted by Gasteiger charge is -2.33. The molecular formula is C17H20N2O5. The van der Waals surface area contributed by atoms with Crippen molar-refractivity contribution in [3.63, 3.8) is 0 Å². The molecule has 1 atom stereocenters. The van der Waals surface area contributed by atoms with E-state index in [4.69, 9.17) is 9.47 Å². The molecule has 1 spiro atoms. The maximum Gasteiger partial charge on any atom is 0.326 e. The summed E-state index contributed by atoms with van der Waals surface area (Å²) in [7, 11) is 0. The van der Waals surface area contributed by atoms with Crippen molar-refractivity contribution in [3.8, 4) is 5.75 Å². The second-order valence-corrected chi connectivity index (χ2v) is 5.90. The van der Waals surface area contributed by atoms with Crippen LogP contribution in [0.3, 0.4) is 0 Å². The molecule has 0 radical (unpaired) electrons. The summed E-state index contributed by atoms with van der Waals surface area (Å²) < 4.78 is 10.6. The minimum atomic E-state index is -1.16. The predicted octanol–water partition coefficient (Wildman–Crippen LogP) is 1.56. The number of unbranched alkanes of at least 4 members (excludes halogenated alkanes) is 1. The average molecular weight is 332 g/mol. The Morgan fingerprint density at radius 1 is 1.38 bits per heavy atom. The molecule has 7 heteroatoms. The normalized spacial score (nSPS) is 22.1. The van der Waals surface area contributed by atoms with Crippen LogP contribution < -0.4 is 10.1 Å². The Kier molecular flexibility index (Phi) is 4.42. The van der Waals surface area contributed by atoms with Gasteiger partial charge in [0.1, 0.15) is 12.3 Å². The number of hydrogen-bond acceptors (Lipinski definition) is 5. The van der Waals surface area contributed by atoms with Gasteiger partial charge in [-0.3, -0.25) is 14.5 Å². The van der Waals surface area contributed by atoms with Gasteiger partial charge in [0.15, 0.2) is 5.54 Å². The van der Waals surface area contributed by atoms with Gasteiger partial charge >= 0.3 is 12.0 Å². The number of esters is 1. The van der Waals surface area contributed by atoms with Crippen LogP contribution in [0.2, 0.25) is 0 Å². The van der Waals surface area contributed by atoms with Crippen molar-refractivity contribution in [1.29, 1.82) is 0 Å². The highest BCUT2D eigenvalue weighted by Gasteiger charge is 2.55. The summed E-state index contributed by atoms with van der Waals surface area (Å²) in [4.78, 5) is 38.0. The number of fused-ring (bicyclic) bond motifs is 2. The molecule has 0 saturated carbocycles. The summed E-state index contributed by atoms with van der Waals surface area (Å²) in [5.74, 6) is -0.440. The number of amides is 3. The summed E-state index contributed by atoms with van der Waals surface area (Å²) in [5.41, 5.74) is -0.535. The summed E-state index contributed by atoms with van der Waals surface area (Å²) in [6, 6.07) is 6.54. The van der Waals surface area contributed by atoms with E-state index in [9.17, 15) is 14.4 Å². The van der Waals surface area contributed by atoms with Crippen LogP contribution in [0.4, 0.5) is 4.79 Å². The molecule has 1 fully saturated rings. The number of urea groups is 1. The second-order valence-electron chi connectivity index (χ2n) is 5.90. The van der Waals surface area contributed by atoms with E-state index >= 15 is 0 Å². The molecule has 3 amide bonds. The summed E-state index contributed by atoms with van der Waals surface area (Å²) in [6.45, 7) is 2.22. The van der Waals surface area contributed by atoms with Crippen molar-refractivity contribution >= 4 is 17.9 Å². The first-order valence-corrected chi connectivity index (χ1v) is 8.10. The van der Waals surface area contributed by atoms with E-state index in [0.29, 0.717) is 30.9 Å². The number of ether oxygens (including phenoxy) is 2. The van der Waals surface area contributed by atoms with Crippen LogP contribution >= 0.6 is 0 Å². The number of imide groups is 1. The molecule has 2 heterocycles. The van der Waals surface area contributed by atoms with E-state index in [1.54, 1.807) is 18.2 Å². The molecule has 0 aromatic heterocycles. The molecule has 128 valence electrons. The van der Waals surface area contributed by atoms with Gasteiger partial charge in [0.05, 0.1) is 13.2 Å². The van der Waals surface area contributed by atoms with Crippen molar-refractivity contribution in [2.75, 3.05) is 19.8 Å². The third-order valence-corrected chi connectivity index (χ3v) is 4.31. The van der Waals surface area contributed by atoms with Gasteiger partial charge in [-0.2, -0.15) is 0 Å². The lowest BCUT2D eigenvalue weighted by molar-refractivity contribution is -0.148. The minimum Gasteiger partial charge on any atom is -0.493 e. The third-order valence-electron chi connectivity index (χ3n) is 4.31. The first kappa shape index (κ1) is 16.3. The molecule has 0 aliphatic carbocycles. The number of carbonyl (C=O) groups is 3. The number of carbonyl (C=O) groups excluding carboxylic acids is 3. The van der Waals surface area contributed by atoms with Crippen molar-refractivity contribution in [3.05, 3.63) is 29.8 Å². The first-order valence-electron chi connectivity index (χ1n) is 8.10. The Morgan fingerprint density at radius 3 is 2.96 bits per heavy atom. The minimum absolute atomic E-state index is 0.292. The third kappa shape index (κ3) is 2.70. The zero-order valence-electron chi connectivity index (χ0n) is 13.5. The van der Waals surface area contributed by atoms with Gasteiger partial charge < -0.3 is 14.8 Å². The van der Waals surface area contributed by atoms with Gasteiger partial charge in [-0.05, 0) is 12.5 Å². The maximum atomic E-state index is 12.9. The number of nitrogens with zero attached hydrogens (tertiary/aromatic N) is 1. The highest BCUT2D eigenvalue weighted by atomic mass is 16.5. The highest BCUT2D eigenvalue weighted by molar-refractivity contribution is 6.09. The molecule has 0 bridgehead atoms. The van der Waals surface area contributed by atoms with Crippen LogP contribution in [0, 0.1) is 0 Å². The van der Waals surface area contributed by atoms with Gasteiger partial charge in [-0.1, -0.05) is 31.5 Å². The molecule has 3 rings (SSSR count). The Hall–Kier alpha value is -2.57. The number of rotatable bonds is 5. The van der Waals surface area contributed by atoms with Crippen molar-refractivity contribution in [2.45, 2.75) is 31.7 Å². The predicted molar refractivity (Wildman–Crippen MR) is 84.3 cm³/mol. The van der Waals surface area contributed by atoms with Crippen molar-refractivity contribution < 1.29 is 23.9 Å². The standard InChI is InChI=1S/C17H20N2O5/c1-2-3-9-24-14(20)11-19-15(21)17(18-16(19)22)8-10-23-13-7-5-4-6-12(13)17/h4-7H,2-3,8-11H2,1H3,(H,18,22)/t17-/m1/s1. The first-order chi connectivity index (χ1) is 11.6. The van der Waals surface area contributed by atoms with Crippen LogP contribution in [0.15, 0.2) is 24.3 Å². The van der Waals surface area contributed by atoms with Crippen LogP contribution in [-0.4, -0.2) is 42.6 Å². The van der Waals surface area contributed by atoms with E-state index in [-0.39, 0.29) is 6.54 Å². The summed E-state index contributed by atoms with van der Waals surface area (Å²) in [5, 5.41) is 2.75. The van der Waals surface area contributed by atoms with Gasteiger partial charge in [-0.25, -0.2) is 4.79 Å². The molecule has 7 nitrogen and oxygen atoms in total. The summed E-state index contributed by atoms with van der Waals surface area (Å²) >= 11 is 0. The molecule has 2 aliphatic rings. The molecule has 1 saturated heterocycles. The zero-order valence-corrected chi connectivity index (χ0v) is 13.5. The van der Waals surface area contributed by atoms with E-state index in [0.717, 1.165) is 17.7 Å². The number of para-hydroxylation sites is 1. The Morgan fingerprint density at radius 2 is 2.17 bits per heavy atom. The van der Waals surface area contributed by atoms with Crippen molar-refractivity contribution in [2.24, 2.45) is 0 Å². The van der Waals surface area contributed by atoms with E-state index in [1.807, 2.05) is 13.0 Å². The molecule has 1 N–H and O–H groups in total. The Labute approximate surface area is 139 Å². The fourth-order valence-electron chi connectivity index (χ4n) is 3.02. The molecule has 1 aromatic carbocycles. The molecule has 1 aromatic rings. The number of benzene rings is 1. The van der Waals surface area contributed by atoms with Crippen LogP contribution in [-0.2, 0) is 19.9 Å². The number of nitrogens with one attached hydrogen (secondary N) is 1. The largest absolute Gasteiger partial charge is 0.493 e. The topological polar surface area (TPSA) is 84.9 Å². The SMILES string of the molecule is CCCCOC(=O)CN1C(=O)N[C@@]2(CCOc3ccccc32)C1=O. The van der Waals surface area contributed by atoms with Crippen molar-refractivity contribution in [1.82, 2.24) is 10.2 Å².